The maximum absolute atomic E-state index is 5.58. The molecule has 1 fully saturated rings. The van der Waals surface area contributed by atoms with Crippen LogP contribution < -0.4 is 0 Å². The van der Waals surface area contributed by atoms with Gasteiger partial charge in [0.05, 0.1) is 0 Å². The first-order chi connectivity index (χ1) is 6.92. The Morgan fingerprint density at radius 1 is 0.857 bits per heavy atom. The Kier molecular flexibility index (Phi) is 2.06. The summed E-state index contributed by atoms with van der Waals surface area (Å²) in [7, 11) is 0. The van der Waals surface area contributed by atoms with E-state index in [9.17, 15) is 0 Å². The lowest BCUT2D eigenvalue weighted by Gasteiger charge is -2.01. The van der Waals surface area contributed by atoms with Crippen LogP contribution in [0.5, 0.6) is 0 Å². The summed E-state index contributed by atoms with van der Waals surface area (Å²) in [5, 5.41) is 0. The Morgan fingerprint density at radius 2 is 1.43 bits per heavy atom. The molecule has 0 N–H and O–H groups in total. The van der Waals surface area contributed by atoms with E-state index in [1.165, 1.54) is 43.3 Å². The molecule has 3 rings (SSSR count). The molecule has 2 unspecified atom stereocenters. The molecule has 2 bridgehead atoms. The molecule has 1 heteroatoms. The minimum absolute atomic E-state index is 0.392. The highest BCUT2D eigenvalue weighted by Gasteiger charge is 2.35. The molecule has 14 heavy (non-hydrogen) atoms. The van der Waals surface area contributed by atoms with Crippen molar-refractivity contribution in [1.29, 1.82) is 0 Å². The highest BCUT2D eigenvalue weighted by Crippen LogP contribution is 2.32. The van der Waals surface area contributed by atoms with Crippen molar-refractivity contribution in [3.05, 3.63) is 35.5 Å². The van der Waals surface area contributed by atoms with Gasteiger partial charge in [-0.1, -0.05) is 18.6 Å². The van der Waals surface area contributed by atoms with Crippen LogP contribution in [0.25, 0.3) is 0 Å². The Hall–Kier alpha value is -0.820. The summed E-state index contributed by atoms with van der Waals surface area (Å²) >= 11 is 0. The first-order valence-corrected chi connectivity index (χ1v) is 5.67. The second kappa shape index (κ2) is 3.39. The van der Waals surface area contributed by atoms with Gasteiger partial charge in [-0.25, -0.2) is 0 Å². The van der Waals surface area contributed by atoms with Crippen molar-refractivity contribution in [2.75, 3.05) is 0 Å². The molecule has 0 amide bonds. The van der Waals surface area contributed by atoms with Gasteiger partial charge >= 0.3 is 0 Å². The molecule has 0 radical (unpaired) electrons. The minimum Gasteiger partial charge on any atom is -0.361 e. The lowest BCUT2D eigenvalue weighted by Crippen LogP contribution is -1.92. The van der Waals surface area contributed by atoms with Crippen molar-refractivity contribution in [3.8, 4) is 0 Å². The van der Waals surface area contributed by atoms with E-state index in [4.69, 9.17) is 4.74 Å². The van der Waals surface area contributed by atoms with Gasteiger partial charge in [-0.3, -0.25) is 0 Å². The third kappa shape index (κ3) is 1.69. The summed E-state index contributed by atoms with van der Waals surface area (Å²) in [6, 6.07) is 0. The van der Waals surface area contributed by atoms with Crippen LogP contribution in [-0.2, 0) is 4.74 Å². The summed E-state index contributed by atoms with van der Waals surface area (Å²) in [4.78, 5) is 0. The largest absolute Gasteiger partial charge is 0.361 e. The van der Waals surface area contributed by atoms with Crippen molar-refractivity contribution >= 4 is 0 Å². The smallest absolute Gasteiger partial charge is 0.107 e. The van der Waals surface area contributed by atoms with E-state index in [1.807, 2.05) is 0 Å². The van der Waals surface area contributed by atoms with Crippen molar-refractivity contribution in [1.82, 2.24) is 0 Å². The van der Waals surface area contributed by atoms with Crippen LogP contribution >= 0.6 is 0 Å². The molecule has 0 saturated carbocycles. The number of ether oxygens (including phenoxy) is 1. The first kappa shape index (κ1) is 8.49. The Morgan fingerprint density at radius 3 is 2.00 bits per heavy atom. The second-order valence-electron chi connectivity index (χ2n) is 4.44. The number of allylic oxidation sites excluding steroid dienone is 4. The van der Waals surface area contributed by atoms with Gasteiger partial charge in [0.15, 0.2) is 0 Å². The van der Waals surface area contributed by atoms with Gasteiger partial charge in [0.1, 0.15) is 12.2 Å². The molecule has 0 aromatic heterocycles. The van der Waals surface area contributed by atoms with Crippen LogP contribution in [0.1, 0.15) is 32.1 Å². The topological polar surface area (TPSA) is 12.5 Å². The quantitative estimate of drug-likeness (QED) is 0.532. The molecule has 3 aliphatic rings. The maximum atomic E-state index is 5.58. The number of epoxide rings is 1. The van der Waals surface area contributed by atoms with E-state index < -0.39 is 0 Å². The number of hydrogen-bond acceptors (Lipinski definition) is 1. The first-order valence-electron chi connectivity index (χ1n) is 5.67. The molecule has 1 saturated heterocycles. The molecule has 1 nitrogen and oxygen atoms in total. The molecular formula is C13H16O. The van der Waals surface area contributed by atoms with Gasteiger partial charge in [-0.2, -0.15) is 0 Å². The molecule has 1 heterocycles. The average Bonchev–Trinajstić information content (AvgIpc) is 2.81. The van der Waals surface area contributed by atoms with Crippen LogP contribution in [-0.4, -0.2) is 12.2 Å². The van der Waals surface area contributed by atoms with Crippen LogP contribution in [0, 0.1) is 0 Å². The van der Waals surface area contributed by atoms with Crippen molar-refractivity contribution in [3.63, 3.8) is 0 Å². The normalized spacial score (nSPS) is 45.1. The van der Waals surface area contributed by atoms with Gasteiger partial charge in [0, 0.05) is 0 Å². The predicted molar refractivity (Wildman–Crippen MR) is 57.1 cm³/mol. The lowest BCUT2D eigenvalue weighted by atomic mass is 10.0. The van der Waals surface area contributed by atoms with E-state index in [0.29, 0.717) is 12.2 Å². The molecule has 0 aromatic rings. The Balaban J connectivity index is 1.94. The standard InChI is InChI=1S/C13H16O/c1-2-4-10-6-7-11(5-3-1)9-13-12(8-10)14-13/h6-9,12-13H,1-5H2/b7-6-,10-8+,11-9+. The number of fused-ring (bicyclic) bond motifs is 3. The van der Waals surface area contributed by atoms with Crippen LogP contribution in [0.2, 0.25) is 0 Å². The van der Waals surface area contributed by atoms with E-state index >= 15 is 0 Å². The Bertz CT molecular complexity index is 292. The Labute approximate surface area is 85.1 Å². The molecule has 0 aromatic carbocycles. The van der Waals surface area contributed by atoms with Crippen molar-refractivity contribution in [2.24, 2.45) is 0 Å². The van der Waals surface area contributed by atoms with Gasteiger partial charge in [-0.05, 0) is 49.0 Å². The zero-order valence-corrected chi connectivity index (χ0v) is 8.41. The molecule has 0 spiro atoms. The summed E-state index contributed by atoms with van der Waals surface area (Å²) < 4.78 is 5.58. The fourth-order valence-electron chi connectivity index (χ4n) is 2.32. The second-order valence-corrected chi connectivity index (χ2v) is 4.44. The average molecular weight is 188 g/mol. The molecule has 74 valence electrons. The summed E-state index contributed by atoms with van der Waals surface area (Å²) in [6.07, 6.45) is 16.5. The maximum Gasteiger partial charge on any atom is 0.107 e. The van der Waals surface area contributed by atoms with E-state index in [0.717, 1.165) is 0 Å². The summed E-state index contributed by atoms with van der Waals surface area (Å²) in [5.74, 6) is 0. The fourth-order valence-corrected chi connectivity index (χ4v) is 2.32. The molecule has 1 aliphatic heterocycles. The van der Waals surface area contributed by atoms with Gasteiger partial charge in [-0.15, -0.1) is 0 Å². The van der Waals surface area contributed by atoms with E-state index in [1.54, 1.807) is 0 Å². The van der Waals surface area contributed by atoms with Crippen molar-refractivity contribution < 1.29 is 4.74 Å². The zero-order valence-electron chi connectivity index (χ0n) is 8.41. The highest BCUT2D eigenvalue weighted by atomic mass is 16.6. The lowest BCUT2D eigenvalue weighted by molar-refractivity contribution is 0.412. The molecular weight excluding hydrogens is 172 g/mol. The van der Waals surface area contributed by atoms with E-state index in [2.05, 4.69) is 24.3 Å². The SMILES string of the molecule is C1=C\C2=C\C3OC3/C=C/1CCCCC2. The van der Waals surface area contributed by atoms with Gasteiger partial charge in [0.2, 0.25) is 0 Å². The van der Waals surface area contributed by atoms with Crippen molar-refractivity contribution in [2.45, 2.75) is 44.3 Å². The molecule has 2 atom stereocenters. The molecule has 2 aliphatic carbocycles. The highest BCUT2D eigenvalue weighted by molar-refractivity contribution is 5.35. The predicted octanol–water partition coefficient (Wildman–Crippen LogP) is 3.14. The zero-order chi connectivity index (χ0) is 9.38. The fraction of sp³-hybridized carbons (Fsp3) is 0.538. The number of rotatable bonds is 0. The minimum atomic E-state index is 0.392. The third-order valence-corrected chi connectivity index (χ3v) is 3.26. The van der Waals surface area contributed by atoms with Gasteiger partial charge < -0.3 is 4.74 Å². The van der Waals surface area contributed by atoms with Crippen LogP contribution in [0.4, 0.5) is 0 Å². The van der Waals surface area contributed by atoms with Gasteiger partial charge in [0.25, 0.3) is 0 Å². The third-order valence-electron chi connectivity index (χ3n) is 3.26. The summed E-state index contributed by atoms with van der Waals surface area (Å²) in [6.45, 7) is 0. The number of hydrogen-bond donors (Lipinski definition) is 0. The summed E-state index contributed by atoms with van der Waals surface area (Å²) in [5.41, 5.74) is 2.95. The van der Waals surface area contributed by atoms with E-state index in [-0.39, 0.29) is 0 Å². The van der Waals surface area contributed by atoms with Crippen LogP contribution in [0.3, 0.4) is 0 Å². The van der Waals surface area contributed by atoms with Crippen LogP contribution in [0.15, 0.2) is 35.5 Å². The monoisotopic (exact) mass is 188 g/mol.